The van der Waals surface area contributed by atoms with Gasteiger partial charge in [0.25, 0.3) is 0 Å². The van der Waals surface area contributed by atoms with E-state index in [1.165, 1.54) is 36.6 Å². The number of carbonyl (C=O) groups is 1. The maximum atomic E-state index is 13.7. The Morgan fingerprint density at radius 3 is 2.78 bits per heavy atom. The number of fused-ring (bicyclic) bond motifs is 1. The Morgan fingerprint density at radius 1 is 1.30 bits per heavy atom. The van der Waals surface area contributed by atoms with Gasteiger partial charge in [0.1, 0.15) is 11.5 Å². The predicted octanol–water partition coefficient (Wildman–Crippen LogP) is 3.36. The van der Waals surface area contributed by atoms with Gasteiger partial charge < -0.3 is 5.73 Å². The number of primary amides is 1. The van der Waals surface area contributed by atoms with Gasteiger partial charge in [0, 0.05) is 23.6 Å². The predicted molar refractivity (Wildman–Crippen MR) is 86.6 cm³/mol. The summed E-state index contributed by atoms with van der Waals surface area (Å²) in [7, 11) is 1.88. The van der Waals surface area contributed by atoms with E-state index in [0.717, 1.165) is 10.9 Å². The summed E-state index contributed by atoms with van der Waals surface area (Å²) in [6.07, 6.45) is 2.37. The zero-order valence-corrected chi connectivity index (χ0v) is 12.7. The number of rotatable bonds is 3. The molecule has 23 heavy (non-hydrogen) atoms. The number of halogens is 1. The van der Waals surface area contributed by atoms with Crippen molar-refractivity contribution < 1.29 is 9.18 Å². The lowest BCUT2D eigenvalue weighted by atomic mass is 9.99. The van der Waals surface area contributed by atoms with E-state index in [0.29, 0.717) is 17.2 Å². The summed E-state index contributed by atoms with van der Waals surface area (Å²) >= 11 is 0. The molecule has 2 aromatic carbocycles. The van der Waals surface area contributed by atoms with Crippen molar-refractivity contribution in [2.75, 3.05) is 0 Å². The first-order chi connectivity index (χ1) is 11.1. The molecule has 0 radical (unpaired) electrons. The minimum atomic E-state index is -0.586. The van der Waals surface area contributed by atoms with Crippen molar-refractivity contribution in [1.29, 1.82) is 0 Å². The van der Waals surface area contributed by atoms with E-state index < -0.39 is 11.7 Å². The van der Waals surface area contributed by atoms with Crippen LogP contribution in [0.15, 0.2) is 36.4 Å². The fourth-order valence-corrected chi connectivity index (χ4v) is 3.22. The van der Waals surface area contributed by atoms with Gasteiger partial charge in [-0.1, -0.05) is 18.2 Å². The summed E-state index contributed by atoms with van der Waals surface area (Å²) in [6.45, 7) is 0. The van der Waals surface area contributed by atoms with E-state index in [4.69, 9.17) is 5.73 Å². The molecule has 1 fully saturated rings. The van der Waals surface area contributed by atoms with Gasteiger partial charge in [-0.2, -0.15) is 5.10 Å². The summed E-state index contributed by atoms with van der Waals surface area (Å²) < 4.78 is 15.5. The largest absolute Gasteiger partial charge is 0.366 e. The number of aryl methyl sites for hydroxylation is 1. The van der Waals surface area contributed by atoms with Gasteiger partial charge in [-0.15, -0.1) is 0 Å². The smallest absolute Gasteiger partial charge is 0.249 e. The Morgan fingerprint density at radius 2 is 2.09 bits per heavy atom. The SMILES string of the molecule is Cn1nc(-c2cc(F)ccc2C(N)=O)c2cccc(C3CC3)c21. The summed E-state index contributed by atoms with van der Waals surface area (Å²) in [5.74, 6) is -0.427. The Hall–Kier alpha value is -2.69. The third-order valence-electron chi connectivity index (χ3n) is 4.42. The maximum absolute atomic E-state index is 13.7. The van der Waals surface area contributed by atoms with Gasteiger partial charge in [0.05, 0.1) is 5.52 Å². The van der Waals surface area contributed by atoms with Crippen LogP contribution in [-0.4, -0.2) is 15.7 Å². The average Bonchev–Trinajstić information content (AvgIpc) is 3.31. The number of hydrogen-bond donors (Lipinski definition) is 1. The Balaban J connectivity index is 2.02. The Bertz CT molecular complexity index is 941. The first kappa shape index (κ1) is 13.9. The first-order valence-electron chi connectivity index (χ1n) is 7.61. The van der Waals surface area contributed by atoms with Crippen molar-refractivity contribution in [2.24, 2.45) is 12.8 Å². The molecule has 1 heterocycles. The molecular weight excluding hydrogens is 293 g/mol. The maximum Gasteiger partial charge on any atom is 0.249 e. The van der Waals surface area contributed by atoms with E-state index in [-0.39, 0.29) is 5.56 Å². The highest BCUT2D eigenvalue weighted by atomic mass is 19.1. The molecule has 1 aliphatic rings. The normalized spacial score (nSPS) is 14.3. The lowest BCUT2D eigenvalue weighted by Gasteiger charge is -2.05. The molecule has 1 aromatic heterocycles. The van der Waals surface area contributed by atoms with Crippen LogP contribution in [0.5, 0.6) is 0 Å². The van der Waals surface area contributed by atoms with Crippen LogP contribution in [0.4, 0.5) is 4.39 Å². The zero-order chi connectivity index (χ0) is 16.1. The third kappa shape index (κ3) is 2.20. The Kier molecular flexibility index (Phi) is 2.98. The van der Waals surface area contributed by atoms with Gasteiger partial charge in [0.2, 0.25) is 5.91 Å². The summed E-state index contributed by atoms with van der Waals surface area (Å²) in [5, 5.41) is 5.48. The topological polar surface area (TPSA) is 60.9 Å². The number of amides is 1. The van der Waals surface area contributed by atoms with Gasteiger partial charge in [-0.25, -0.2) is 4.39 Å². The van der Waals surface area contributed by atoms with Crippen molar-refractivity contribution in [3.8, 4) is 11.3 Å². The molecule has 1 aliphatic carbocycles. The van der Waals surface area contributed by atoms with Crippen molar-refractivity contribution in [3.05, 3.63) is 53.3 Å². The number of carbonyl (C=O) groups excluding carboxylic acids is 1. The molecule has 0 aliphatic heterocycles. The molecule has 4 rings (SSSR count). The van der Waals surface area contributed by atoms with Gasteiger partial charge in [0.15, 0.2) is 0 Å². The van der Waals surface area contributed by atoms with Crippen LogP contribution >= 0.6 is 0 Å². The second-order valence-corrected chi connectivity index (χ2v) is 6.04. The van der Waals surface area contributed by atoms with Gasteiger partial charge in [-0.05, 0) is 42.5 Å². The van der Waals surface area contributed by atoms with E-state index in [9.17, 15) is 9.18 Å². The number of aromatic nitrogens is 2. The van der Waals surface area contributed by atoms with E-state index in [2.05, 4.69) is 11.2 Å². The van der Waals surface area contributed by atoms with Crippen LogP contribution in [0, 0.1) is 5.82 Å². The Labute approximate surface area is 132 Å². The quantitative estimate of drug-likeness (QED) is 0.806. The average molecular weight is 309 g/mol. The molecule has 3 aromatic rings. The lowest BCUT2D eigenvalue weighted by molar-refractivity contribution is 0.100. The monoisotopic (exact) mass is 309 g/mol. The van der Waals surface area contributed by atoms with E-state index >= 15 is 0 Å². The molecule has 4 nitrogen and oxygen atoms in total. The van der Waals surface area contributed by atoms with Gasteiger partial charge in [-0.3, -0.25) is 9.48 Å². The van der Waals surface area contributed by atoms with Crippen LogP contribution in [0.1, 0.15) is 34.7 Å². The summed E-state index contributed by atoms with van der Waals surface area (Å²) in [6, 6.07) is 10.0. The summed E-state index contributed by atoms with van der Waals surface area (Å²) in [4.78, 5) is 11.7. The highest BCUT2D eigenvalue weighted by molar-refractivity contribution is 6.04. The van der Waals surface area contributed by atoms with Crippen molar-refractivity contribution in [2.45, 2.75) is 18.8 Å². The minimum absolute atomic E-state index is 0.281. The molecule has 2 N–H and O–H groups in total. The van der Waals surface area contributed by atoms with Crippen LogP contribution in [0.3, 0.4) is 0 Å². The molecule has 0 unspecified atom stereocenters. The van der Waals surface area contributed by atoms with Crippen molar-refractivity contribution >= 4 is 16.8 Å². The van der Waals surface area contributed by atoms with Gasteiger partial charge >= 0.3 is 0 Å². The third-order valence-corrected chi connectivity index (χ3v) is 4.42. The van der Waals surface area contributed by atoms with Crippen molar-refractivity contribution in [3.63, 3.8) is 0 Å². The van der Waals surface area contributed by atoms with Crippen LogP contribution < -0.4 is 5.73 Å². The van der Waals surface area contributed by atoms with Crippen molar-refractivity contribution in [1.82, 2.24) is 9.78 Å². The molecule has 0 bridgehead atoms. The minimum Gasteiger partial charge on any atom is -0.366 e. The molecule has 5 heteroatoms. The van der Waals surface area contributed by atoms with E-state index in [1.54, 1.807) is 0 Å². The highest BCUT2D eigenvalue weighted by Gasteiger charge is 2.28. The second kappa shape index (κ2) is 4.91. The first-order valence-corrected chi connectivity index (χ1v) is 7.61. The number of hydrogen-bond acceptors (Lipinski definition) is 2. The lowest BCUT2D eigenvalue weighted by Crippen LogP contribution is -2.12. The number of benzene rings is 2. The fourth-order valence-electron chi connectivity index (χ4n) is 3.22. The molecule has 116 valence electrons. The fraction of sp³-hybridized carbons (Fsp3) is 0.222. The second-order valence-electron chi connectivity index (χ2n) is 6.04. The van der Waals surface area contributed by atoms with E-state index in [1.807, 2.05) is 23.9 Å². The summed E-state index contributed by atoms with van der Waals surface area (Å²) in [5.41, 5.74) is 9.07. The zero-order valence-electron chi connectivity index (χ0n) is 12.7. The number of nitrogens with zero attached hydrogens (tertiary/aromatic N) is 2. The molecule has 0 saturated heterocycles. The van der Waals surface area contributed by atoms with Crippen LogP contribution in [0.25, 0.3) is 22.2 Å². The standard InChI is InChI=1S/C18H16FN3O/c1-22-17-12(10-5-6-10)3-2-4-14(17)16(21-22)15-9-11(19)7-8-13(15)18(20)23/h2-4,7-10H,5-6H2,1H3,(H2,20,23). The van der Waals surface area contributed by atoms with Crippen LogP contribution in [-0.2, 0) is 7.05 Å². The highest BCUT2D eigenvalue weighted by Crippen LogP contribution is 2.44. The molecule has 1 saturated carbocycles. The number of nitrogens with two attached hydrogens (primary N) is 1. The molecule has 0 atom stereocenters. The molecule has 1 amide bonds. The molecule has 0 spiro atoms. The van der Waals surface area contributed by atoms with Crippen LogP contribution in [0.2, 0.25) is 0 Å². The number of para-hydroxylation sites is 1. The molecular formula is C18H16FN3O.